The van der Waals surface area contributed by atoms with Gasteiger partial charge in [0, 0.05) is 29.0 Å². The quantitative estimate of drug-likeness (QED) is 0.495. The fourth-order valence-corrected chi connectivity index (χ4v) is 5.15. The summed E-state index contributed by atoms with van der Waals surface area (Å²) in [4.78, 5) is 26.7. The van der Waals surface area contributed by atoms with Crippen LogP contribution >= 0.6 is 27.7 Å². The van der Waals surface area contributed by atoms with E-state index in [2.05, 4.69) is 32.0 Å². The van der Waals surface area contributed by atoms with Crippen LogP contribution in [-0.2, 0) is 6.54 Å². The Morgan fingerprint density at radius 3 is 2.75 bits per heavy atom. The van der Waals surface area contributed by atoms with Crippen molar-refractivity contribution >= 4 is 50.8 Å². The number of carbonyl (C=O) groups is 1. The number of carboxylic acid groups (broad SMARTS) is 1. The van der Waals surface area contributed by atoms with Crippen molar-refractivity contribution in [3.05, 3.63) is 34.6 Å². The second-order valence-electron chi connectivity index (χ2n) is 7.31. The Hall–Kier alpha value is -2.99. The van der Waals surface area contributed by atoms with Crippen LogP contribution in [0.2, 0.25) is 0 Å². The van der Waals surface area contributed by atoms with Gasteiger partial charge in [-0.05, 0) is 40.9 Å². The van der Waals surface area contributed by atoms with Gasteiger partial charge in [-0.25, -0.2) is 19.7 Å². The van der Waals surface area contributed by atoms with E-state index >= 15 is 0 Å². The first kappa shape index (κ1) is 20.9. The number of hydrogen-bond acceptors (Lipinski definition) is 8. The van der Waals surface area contributed by atoms with E-state index in [0.717, 1.165) is 9.37 Å². The van der Waals surface area contributed by atoms with E-state index in [-0.39, 0.29) is 6.79 Å². The number of piperidine rings is 1. The summed E-state index contributed by atoms with van der Waals surface area (Å²) in [6, 6.07) is 3.79. The molecule has 1 saturated heterocycles. The summed E-state index contributed by atoms with van der Waals surface area (Å²) in [5, 5.41) is 9.87. The summed E-state index contributed by atoms with van der Waals surface area (Å²) in [6.07, 6.45) is 4.11. The van der Waals surface area contributed by atoms with Crippen LogP contribution in [0, 0.1) is 0 Å². The van der Waals surface area contributed by atoms with E-state index < -0.39 is 6.09 Å². The number of likely N-dealkylation sites (tertiary alicyclic amines) is 1. The summed E-state index contributed by atoms with van der Waals surface area (Å²) in [5.74, 6) is 1.70. The molecule has 3 aromatic rings. The number of fused-ring (bicyclic) bond motifs is 2. The predicted molar refractivity (Wildman–Crippen MR) is 121 cm³/mol. The summed E-state index contributed by atoms with van der Waals surface area (Å²) >= 11 is 5.06. The molecule has 0 bridgehead atoms. The first-order valence-electron chi connectivity index (χ1n) is 9.89. The van der Waals surface area contributed by atoms with E-state index in [1.807, 2.05) is 16.7 Å². The first-order chi connectivity index (χ1) is 15.5. The van der Waals surface area contributed by atoms with Crippen LogP contribution in [0.4, 0.5) is 10.6 Å². The van der Waals surface area contributed by atoms with Crippen LogP contribution in [-0.4, -0.2) is 55.5 Å². The van der Waals surface area contributed by atoms with Gasteiger partial charge in [-0.2, -0.15) is 0 Å². The van der Waals surface area contributed by atoms with Crippen LogP contribution in [0.1, 0.15) is 12.8 Å². The molecule has 0 radical (unpaired) electrons. The Kier molecular flexibility index (Phi) is 5.55. The van der Waals surface area contributed by atoms with Crippen molar-refractivity contribution < 1.29 is 19.4 Å². The van der Waals surface area contributed by atoms with Crippen molar-refractivity contribution in [1.82, 2.24) is 24.4 Å². The number of amides is 1. The van der Waals surface area contributed by atoms with Crippen LogP contribution in [0.3, 0.4) is 0 Å². The number of anilines is 1. The molecule has 0 saturated carbocycles. The zero-order valence-corrected chi connectivity index (χ0v) is 19.2. The third-order valence-corrected chi connectivity index (χ3v) is 7.36. The van der Waals surface area contributed by atoms with Crippen LogP contribution in [0.25, 0.3) is 11.2 Å². The SMILES string of the molecule is Nc1ncnc2c1nc(Sc1cc3c(cc1Br)OCO3)n2CC=C1CCN(C(=O)O)CC1. The molecule has 1 aromatic carbocycles. The predicted octanol–water partition coefficient (Wildman–Crippen LogP) is 3.75. The molecule has 2 aliphatic rings. The van der Waals surface area contributed by atoms with E-state index in [1.165, 1.54) is 28.6 Å². The number of ether oxygens (including phenoxy) is 2. The average Bonchev–Trinajstić information content (AvgIpc) is 3.37. The van der Waals surface area contributed by atoms with Gasteiger partial charge in [0.15, 0.2) is 33.6 Å². The molecule has 2 aromatic heterocycles. The third-order valence-electron chi connectivity index (χ3n) is 5.39. The van der Waals surface area contributed by atoms with E-state index in [9.17, 15) is 4.79 Å². The molecule has 2 aliphatic heterocycles. The molecule has 32 heavy (non-hydrogen) atoms. The highest BCUT2D eigenvalue weighted by molar-refractivity contribution is 9.10. The van der Waals surface area contributed by atoms with Crippen molar-refractivity contribution in [2.24, 2.45) is 0 Å². The first-order valence-corrected chi connectivity index (χ1v) is 11.5. The average molecular weight is 519 g/mol. The molecule has 0 unspecified atom stereocenters. The molecule has 5 rings (SSSR count). The van der Waals surface area contributed by atoms with Gasteiger partial charge in [-0.1, -0.05) is 23.4 Å². The van der Waals surface area contributed by atoms with Crippen molar-refractivity contribution in [2.45, 2.75) is 29.4 Å². The lowest BCUT2D eigenvalue weighted by Crippen LogP contribution is -2.35. The molecule has 1 fully saturated rings. The number of aromatic nitrogens is 4. The Bertz CT molecular complexity index is 1240. The molecule has 0 spiro atoms. The number of nitrogen functional groups attached to an aromatic ring is 1. The zero-order chi connectivity index (χ0) is 22.2. The summed E-state index contributed by atoms with van der Waals surface area (Å²) in [7, 11) is 0. The largest absolute Gasteiger partial charge is 0.465 e. The molecule has 4 heterocycles. The minimum atomic E-state index is -0.871. The minimum Gasteiger partial charge on any atom is -0.465 e. The molecule has 0 aliphatic carbocycles. The monoisotopic (exact) mass is 518 g/mol. The third kappa shape index (κ3) is 3.95. The summed E-state index contributed by atoms with van der Waals surface area (Å²) in [6.45, 7) is 1.76. The van der Waals surface area contributed by atoms with Gasteiger partial charge in [-0.3, -0.25) is 4.57 Å². The smallest absolute Gasteiger partial charge is 0.407 e. The fourth-order valence-electron chi connectivity index (χ4n) is 3.66. The number of rotatable bonds is 4. The number of nitrogens with two attached hydrogens (primary N) is 1. The second kappa shape index (κ2) is 8.51. The topological polar surface area (TPSA) is 129 Å². The molecule has 0 atom stereocenters. The van der Waals surface area contributed by atoms with Crippen molar-refractivity contribution in [3.63, 3.8) is 0 Å². The lowest BCUT2D eigenvalue weighted by Gasteiger charge is -2.25. The molecule has 1 amide bonds. The number of benzene rings is 1. The lowest BCUT2D eigenvalue weighted by molar-refractivity contribution is 0.141. The number of imidazole rings is 1. The Morgan fingerprint density at radius 2 is 2.00 bits per heavy atom. The van der Waals surface area contributed by atoms with E-state index in [1.54, 1.807) is 0 Å². The Labute approximate surface area is 195 Å². The van der Waals surface area contributed by atoms with E-state index in [4.69, 9.17) is 25.3 Å². The summed E-state index contributed by atoms with van der Waals surface area (Å²) in [5.41, 5.74) is 8.47. The molecule has 10 nitrogen and oxygen atoms in total. The van der Waals surface area contributed by atoms with Crippen LogP contribution in [0.15, 0.2) is 44.6 Å². The van der Waals surface area contributed by atoms with Gasteiger partial charge in [-0.15, -0.1) is 0 Å². The van der Waals surface area contributed by atoms with Gasteiger partial charge in [0.1, 0.15) is 6.33 Å². The van der Waals surface area contributed by atoms with Crippen LogP contribution in [0.5, 0.6) is 11.5 Å². The molecule has 3 N–H and O–H groups in total. The molecule has 166 valence electrons. The fraction of sp³-hybridized carbons (Fsp3) is 0.300. The highest BCUT2D eigenvalue weighted by Gasteiger charge is 2.21. The number of halogens is 1. The van der Waals surface area contributed by atoms with Gasteiger partial charge < -0.3 is 25.2 Å². The number of nitrogens with zero attached hydrogens (tertiary/aromatic N) is 5. The normalized spacial score (nSPS) is 15.4. The van der Waals surface area contributed by atoms with Crippen LogP contribution < -0.4 is 15.2 Å². The second-order valence-corrected chi connectivity index (χ2v) is 9.17. The van der Waals surface area contributed by atoms with Gasteiger partial charge in [0.25, 0.3) is 0 Å². The molecular formula is C20H19BrN6O4S. The highest BCUT2D eigenvalue weighted by atomic mass is 79.9. The molecule has 12 heteroatoms. The minimum absolute atomic E-state index is 0.202. The van der Waals surface area contributed by atoms with Gasteiger partial charge in [0.2, 0.25) is 6.79 Å². The zero-order valence-electron chi connectivity index (χ0n) is 16.8. The standard InChI is InChI=1S/C20H19BrN6O4S/c21-12-7-13-14(31-10-30-13)8-15(12)32-19-25-16-17(22)23-9-24-18(16)27(19)6-3-11-1-4-26(5-2-11)20(28)29/h3,7-9H,1-2,4-6,10H2,(H,28,29)(H2,22,23,24). The van der Waals surface area contributed by atoms with E-state index in [0.29, 0.717) is 66.1 Å². The Morgan fingerprint density at radius 1 is 1.25 bits per heavy atom. The highest BCUT2D eigenvalue weighted by Crippen LogP contribution is 2.43. The van der Waals surface area contributed by atoms with Crippen molar-refractivity contribution in [3.8, 4) is 11.5 Å². The maximum Gasteiger partial charge on any atom is 0.407 e. The van der Waals surface area contributed by atoms with Crippen molar-refractivity contribution in [2.75, 3.05) is 25.6 Å². The Balaban J connectivity index is 1.46. The molecular weight excluding hydrogens is 500 g/mol. The van der Waals surface area contributed by atoms with Crippen molar-refractivity contribution in [1.29, 1.82) is 0 Å². The lowest BCUT2D eigenvalue weighted by atomic mass is 10.0. The van der Waals surface area contributed by atoms with Gasteiger partial charge >= 0.3 is 6.09 Å². The number of allylic oxidation sites excluding steroid dienone is 1. The summed E-state index contributed by atoms with van der Waals surface area (Å²) < 4.78 is 13.8. The maximum absolute atomic E-state index is 11.1. The maximum atomic E-state index is 11.1. The number of hydrogen-bond donors (Lipinski definition) is 2. The van der Waals surface area contributed by atoms with Gasteiger partial charge in [0.05, 0.1) is 0 Å².